The summed E-state index contributed by atoms with van der Waals surface area (Å²) in [6, 6.07) is 5.80. The van der Waals surface area contributed by atoms with Gasteiger partial charge in [0.1, 0.15) is 6.04 Å². The largest absolute Gasteiger partial charge is 0.480 e. The molecule has 1 fully saturated rings. The summed E-state index contributed by atoms with van der Waals surface area (Å²) in [7, 11) is 0. The van der Waals surface area contributed by atoms with Crippen molar-refractivity contribution in [2.75, 3.05) is 6.54 Å². The monoisotopic (exact) mass is 281 g/mol. The van der Waals surface area contributed by atoms with E-state index in [2.05, 4.69) is 0 Å². The Morgan fingerprint density at radius 2 is 1.95 bits per heavy atom. The highest BCUT2D eigenvalue weighted by atomic mass is 35.5. The number of carbonyl (C=O) groups is 2. The van der Waals surface area contributed by atoms with E-state index in [1.807, 2.05) is 6.92 Å². The number of carboxylic acid groups (broad SMARTS) is 1. The number of benzene rings is 1. The van der Waals surface area contributed by atoms with Crippen LogP contribution in [-0.2, 0) is 4.79 Å². The summed E-state index contributed by atoms with van der Waals surface area (Å²) in [4.78, 5) is 25.1. The van der Waals surface area contributed by atoms with Crippen LogP contribution in [0.2, 0.25) is 5.02 Å². The fourth-order valence-corrected chi connectivity index (χ4v) is 2.50. The van der Waals surface area contributed by atoms with Gasteiger partial charge in [0.2, 0.25) is 0 Å². The molecule has 0 saturated carbocycles. The maximum atomic E-state index is 12.4. The highest BCUT2D eigenvalue weighted by Gasteiger charge is 2.35. The lowest BCUT2D eigenvalue weighted by Crippen LogP contribution is -2.49. The SMILES string of the molecule is CC1CCN(C(=O)c2ccc(Cl)cc2)C(C(=O)O)C1. The van der Waals surface area contributed by atoms with Crippen LogP contribution in [0.5, 0.6) is 0 Å². The average Bonchev–Trinajstić information content (AvgIpc) is 2.38. The molecular formula is C14H16ClNO3. The Hall–Kier alpha value is -1.55. The second kappa shape index (κ2) is 5.61. The van der Waals surface area contributed by atoms with Crippen molar-refractivity contribution in [3.8, 4) is 0 Å². The minimum Gasteiger partial charge on any atom is -0.480 e. The van der Waals surface area contributed by atoms with Gasteiger partial charge in [-0.1, -0.05) is 18.5 Å². The van der Waals surface area contributed by atoms with Crippen molar-refractivity contribution >= 4 is 23.5 Å². The number of carbonyl (C=O) groups excluding carboxylic acids is 1. The Balaban J connectivity index is 2.21. The molecule has 1 heterocycles. The van der Waals surface area contributed by atoms with Gasteiger partial charge in [0.25, 0.3) is 5.91 Å². The number of hydrogen-bond donors (Lipinski definition) is 1. The quantitative estimate of drug-likeness (QED) is 0.907. The molecule has 1 aliphatic rings. The number of rotatable bonds is 2. The molecule has 0 radical (unpaired) electrons. The highest BCUT2D eigenvalue weighted by molar-refractivity contribution is 6.30. The van der Waals surface area contributed by atoms with E-state index in [9.17, 15) is 14.7 Å². The first kappa shape index (κ1) is 13.9. The van der Waals surface area contributed by atoms with Crippen LogP contribution in [0.4, 0.5) is 0 Å². The van der Waals surface area contributed by atoms with Gasteiger partial charge in [-0.25, -0.2) is 4.79 Å². The second-order valence-corrected chi connectivity index (χ2v) is 5.43. The van der Waals surface area contributed by atoms with Crippen molar-refractivity contribution in [3.63, 3.8) is 0 Å². The molecule has 1 N–H and O–H groups in total. The van der Waals surface area contributed by atoms with E-state index >= 15 is 0 Å². The number of piperidine rings is 1. The standard InChI is InChI=1S/C14H16ClNO3/c1-9-6-7-16(12(8-9)14(18)19)13(17)10-2-4-11(15)5-3-10/h2-5,9,12H,6-8H2,1H3,(H,18,19). The zero-order chi connectivity index (χ0) is 14.0. The van der Waals surface area contributed by atoms with Crippen LogP contribution < -0.4 is 0 Å². The van der Waals surface area contributed by atoms with Crippen molar-refractivity contribution in [2.45, 2.75) is 25.8 Å². The number of aliphatic carboxylic acids is 1. The van der Waals surface area contributed by atoms with Gasteiger partial charge in [0.05, 0.1) is 0 Å². The van der Waals surface area contributed by atoms with Crippen molar-refractivity contribution in [1.29, 1.82) is 0 Å². The number of nitrogens with zero attached hydrogens (tertiary/aromatic N) is 1. The molecule has 1 aliphatic heterocycles. The van der Waals surface area contributed by atoms with Gasteiger partial charge < -0.3 is 10.0 Å². The van der Waals surface area contributed by atoms with Crippen LogP contribution in [0.1, 0.15) is 30.1 Å². The molecule has 4 nitrogen and oxygen atoms in total. The molecule has 2 rings (SSSR count). The van der Waals surface area contributed by atoms with E-state index in [1.54, 1.807) is 24.3 Å². The fraction of sp³-hybridized carbons (Fsp3) is 0.429. The zero-order valence-electron chi connectivity index (χ0n) is 10.7. The third-order valence-electron chi connectivity index (χ3n) is 3.50. The smallest absolute Gasteiger partial charge is 0.326 e. The van der Waals surface area contributed by atoms with Crippen LogP contribution in [0.15, 0.2) is 24.3 Å². The zero-order valence-corrected chi connectivity index (χ0v) is 11.4. The van der Waals surface area contributed by atoms with Crippen molar-refractivity contribution in [1.82, 2.24) is 4.90 Å². The van der Waals surface area contributed by atoms with Gasteiger partial charge in [-0.2, -0.15) is 0 Å². The normalized spacial score (nSPS) is 23.2. The molecule has 1 saturated heterocycles. The van der Waals surface area contributed by atoms with Gasteiger partial charge in [-0.3, -0.25) is 4.79 Å². The topological polar surface area (TPSA) is 57.6 Å². The van der Waals surface area contributed by atoms with Crippen LogP contribution >= 0.6 is 11.6 Å². The summed E-state index contributed by atoms with van der Waals surface area (Å²) in [6.07, 6.45) is 1.35. The predicted molar refractivity (Wildman–Crippen MR) is 72.3 cm³/mol. The summed E-state index contributed by atoms with van der Waals surface area (Å²) >= 11 is 5.78. The summed E-state index contributed by atoms with van der Waals surface area (Å²) in [5.74, 6) is -0.847. The van der Waals surface area contributed by atoms with E-state index in [0.717, 1.165) is 6.42 Å². The Bertz CT molecular complexity index is 486. The molecule has 2 atom stereocenters. The number of hydrogen-bond acceptors (Lipinski definition) is 2. The maximum Gasteiger partial charge on any atom is 0.326 e. The second-order valence-electron chi connectivity index (χ2n) is 4.99. The van der Waals surface area contributed by atoms with E-state index in [-0.39, 0.29) is 5.91 Å². The van der Waals surface area contributed by atoms with Gasteiger partial charge in [0.15, 0.2) is 0 Å². The Labute approximate surface area is 117 Å². The van der Waals surface area contributed by atoms with E-state index in [1.165, 1.54) is 4.90 Å². The molecular weight excluding hydrogens is 266 g/mol. The molecule has 5 heteroatoms. The summed E-state index contributed by atoms with van der Waals surface area (Å²) in [5.41, 5.74) is 0.477. The molecule has 0 bridgehead atoms. The minimum atomic E-state index is -0.936. The third kappa shape index (κ3) is 3.07. The van der Waals surface area contributed by atoms with Crippen molar-refractivity contribution in [3.05, 3.63) is 34.9 Å². The summed E-state index contributed by atoms with van der Waals surface area (Å²) in [6.45, 7) is 2.50. The maximum absolute atomic E-state index is 12.4. The van der Waals surface area contributed by atoms with Crippen molar-refractivity contribution in [2.24, 2.45) is 5.92 Å². The summed E-state index contributed by atoms with van der Waals surface area (Å²) < 4.78 is 0. The lowest BCUT2D eigenvalue weighted by Gasteiger charge is -2.36. The number of carboxylic acids is 1. The van der Waals surface area contributed by atoms with Gasteiger partial charge >= 0.3 is 5.97 Å². The average molecular weight is 282 g/mol. The molecule has 19 heavy (non-hydrogen) atoms. The molecule has 0 aliphatic carbocycles. The molecule has 0 spiro atoms. The first-order valence-corrected chi connectivity index (χ1v) is 6.66. The Morgan fingerprint density at radius 1 is 1.32 bits per heavy atom. The third-order valence-corrected chi connectivity index (χ3v) is 3.75. The van der Waals surface area contributed by atoms with Crippen LogP contribution in [-0.4, -0.2) is 34.5 Å². The molecule has 1 amide bonds. The van der Waals surface area contributed by atoms with Crippen LogP contribution in [0.3, 0.4) is 0 Å². The highest BCUT2D eigenvalue weighted by Crippen LogP contribution is 2.24. The Kier molecular flexibility index (Phi) is 4.10. The van der Waals surface area contributed by atoms with Crippen molar-refractivity contribution < 1.29 is 14.7 Å². The van der Waals surface area contributed by atoms with Gasteiger partial charge in [-0.05, 0) is 43.0 Å². The predicted octanol–water partition coefficient (Wildman–Crippen LogP) is 2.67. The first-order valence-electron chi connectivity index (χ1n) is 6.28. The number of amides is 1. The minimum absolute atomic E-state index is 0.240. The number of likely N-dealkylation sites (tertiary alicyclic amines) is 1. The first-order chi connectivity index (χ1) is 8.99. The lowest BCUT2D eigenvalue weighted by atomic mass is 9.92. The number of halogens is 1. The van der Waals surface area contributed by atoms with E-state index < -0.39 is 12.0 Å². The Morgan fingerprint density at radius 3 is 2.53 bits per heavy atom. The summed E-state index contributed by atoms with van der Waals surface area (Å²) in [5, 5.41) is 9.81. The molecule has 1 aromatic rings. The molecule has 1 aromatic carbocycles. The van der Waals surface area contributed by atoms with Crippen LogP contribution in [0, 0.1) is 5.92 Å². The van der Waals surface area contributed by atoms with E-state index in [4.69, 9.17) is 11.6 Å². The molecule has 102 valence electrons. The van der Waals surface area contributed by atoms with Crippen LogP contribution in [0.25, 0.3) is 0 Å². The van der Waals surface area contributed by atoms with Gasteiger partial charge in [-0.15, -0.1) is 0 Å². The molecule has 0 aromatic heterocycles. The van der Waals surface area contributed by atoms with E-state index in [0.29, 0.717) is 29.5 Å². The lowest BCUT2D eigenvalue weighted by molar-refractivity contribution is -0.144. The van der Waals surface area contributed by atoms with Gasteiger partial charge in [0, 0.05) is 17.1 Å². The fourth-order valence-electron chi connectivity index (χ4n) is 2.38. The molecule has 2 unspecified atom stereocenters.